The molecule has 3 rings (SSSR count). The van der Waals surface area contributed by atoms with Gasteiger partial charge in [0.2, 0.25) is 0 Å². The summed E-state index contributed by atoms with van der Waals surface area (Å²) in [5.41, 5.74) is 0.351. The Morgan fingerprint density at radius 2 is 1.63 bits per heavy atom. The van der Waals surface area contributed by atoms with E-state index < -0.39 is 59.8 Å². The van der Waals surface area contributed by atoms with Crippen molar-refractivity contribution in [2.75, 3.05) is 6.61 Å². The molecule has 0 bridgehead atoms. The number of phosphoric acid groups is 3. The zero-order chi connectivity index (χ0) is 30.8. The van der Waals surface area contributed by atoms with E-state index in [1.54, 1.807) is 0 Å². The fraction of sp³-hybridized carbons (Fsp3) is 0.524. The van der Waals surface area contributed by atoms with Gasteiger partial charge in [0.25, 0.3) is 5.56 Å². The quantitative estimate of drug-likeness (QED) is 0.179. The van der Waals surface area contributed by atoms with Crippen molar-refractivity contribution in [1.29, 1.82) is 0 Å². The molecule has 2 heterocycles. The van der Waals surface area contributed by atoms with Crippen LogP contribution in [0.4, 0.5) is 0 Å². The van der Waals surface area contributed by atoms with Crippen molar-refractivity contribution >= 4 is 23.5 Å². The van der Waals surface area contributed by atoms with E-state index in [2.05, 4.69) is 38.9 Å². The first-order valence-corrected chi connectivity index (χ1v) is 16.4. The Bertz CT molecular complexity index is 1490. The lowest BCUT2D eigenvalue weighted by molar-refractivity contribution is -0.0452. The van der Waals surface area contributed by atoms with Crippen LogP contribution in [0.1, 0.15) is 50.1 Å². The summed E-state index contributed by atoms with van der Waals surface area (Å²) in [6.45, 7) is 5.27. The van der Waals surface area contributed by atoms with E-state index in [4.69, 9.17) is 19.3 Å². The minimum absolute atomic E-state index is 0.0765. The largest absolute Gasteiger partial charge is 0.490 e. The van der Waals surface area contributed by atoms with Gasteiger partial charge in [-0.25, -0.2) is 18.5 Å². The highest BCUT2D eigenvalue weighted by molar-refractivity contribution is 7.66. The minimum Gasteiger partial charge on any atom is -0.390 e. The molecule has 0 radical (unpaired) electrons. The molecular formula is C21H31N2O15P3. The second kappa shape index (κ2) is 12.8. The third-order valence-corrected chi connectivity index (χ3v) is 9.52. The maximum atomic E-state index is 12.5. The first-order valence-electron chi connectivity index (χ1n) is 11.9. The van der Waals surface area contributed by atoms with Crippen molar-refractivity contribution in [1.82, 2.24) is 9.55 Å². The second-order valence-corrected chi connectivity index (χ2v) is 14.5. The standard InChI is InChI=1S/C21H31N2O15P3/c1-21(2,3)15-7-5-4-6-13(15)10-34-11-14-9-23(20(26)22-19(14)25)18-8-16(24)17(36-18)12-35-40(30,31)38-41(32,33)37-39(27,28)29/h4-7,9,16-18,24H,8,10-12H2,1-3H3,(H,30,31)(H,32,33)(H,22,25,26)(H2,27,28,29)/t16-,17-,18-/m1/s1. The summed E-state index contributed by atoms with van der Waals surface area (Å²) in [6.07, 6.45) is -2.93. The monoisotopic (exact) mass is 644 g/mol. The van der Waals surface area contributed by atoms with Gasteiger partial charge in [-0.05, 0) is 16.5 Å². The number of hydrogen-bond donors (Lipinski definition) is 6. The molecule has 20 heteroatoms. The molecule has 2 aromatic rings. The van der Waals surface area contributed by atoms with Gasteiger partial charge < -0.3 is 34.2 Å². The van der Waals surface area contributed by atoms with Crippen LogP contribution in [-0.4, -0.2) is 53.0 Å². The Labute approximate surface area is 233 Å². The number of rotatable bonds is 12. The number of phosphoric ester groups is 1. The molecule has 230 valence electrons. The van der Waals surface area contributed by atoms with Crippen LogP contribution in [0.25, 0.3) is 0 Å². The third kappa shape index (κ3) is 9.87. The molecule has 1 aromatic heterocycles. The van der Waals surface area contributed by atoms with Crippen LogP contribution in [0, 0.1) is 0 Å². The number of ether oxygens (including phenoxy) is 2. The predicted octanol–water partition coefficient (Wildman–Crippen LogP) is 1.54. The van der Waals surface area contributed by atoms with Crippen molar-refractivity contribution in [3.05, 3.63) is 68.0 Å². The lowest BCUT2D eigenvalue weighted by Gasteiger charge is -2.22. The van der Waals surface area contributed by atoms with Crippen molar-refractivity contribution in [3.8, 4) is 0 Å². The Balaban J connectivity index is 1.65. The molecule has 2 unspecified atom stereocenters. The Kier molecular flexibility index (Phi) is 10.5. The van der Waals surface area contributed by atoms with E-state index in [-0.39, 0.29) is 30.6 Å². The molecule has 0 aliphatic carbocycles. The van der Waals surface area contributed by atoms with Crippen molar-refractivity contribution in [2.24, 2.45) is 0 Å². The summed E-state index contributed by atoms with van der Waals surface area (Å²) >= 11 is 0. The molecule has 1 aliphatic rings. The number of aliphatic hydroxyl groups is 1. The van der Waals surface area contributed by atoms with Crippen LogP contribution in [0.15, 0.2) is 40.1 Å². The number of benzene rings is 1. The summed E-state index contributed by atoms with van der Waals surface area (Å²) in [5, 5.41) is 10.3. The Morgan fingerprint density at radius 1 is 1.00 bits per heavy atom. The average molecular weight is 644 g/mol. The maximum Gasteiger partial charge on any atom is 0.490 e. The summed E-state index contributed by atoms with van der Waals surface area (Å²) in [7, 11) is -16.7. The van der Waals surface area contributed by atoms with Crippen molar-refractivity contribution in [2.45, 2.75) is 64.3 Å². The van der Waals surface area contributed by atoms with Gasteiger partial charge in [0.05, 0.1) is 31.5 Å². The molecule has 17 nitrogen and oxygen atoms in total. The fourth-order valence-corrected chi connectivity index (χ4v) is 7.03. The summed E-state index contributed by atoms with van der Waals surface area (Å²) < 4.78 is 58.1. The minimum atomic E-state index is -5.72. The SMILES string of the molecule is CC(C)(C)c1ccccc1COCc1cn([C@H]2C[C@@H](O)[C@@H](COP(=O)(O)OP(=O)(O)OP(=O)(O)O)O2)c(=O)[nH]c1=O. The lowest BCUT2D eigenvalue weighted by Crippen LogP contribution is -2.34. The molecule has 1 aromatic carbocycles. The van der Waals surface area contributed by atoms with Crippen LogP contribution < -0.4 is 11.2 Å². The maximum absolute atomic E-state index is 12.5. The van der Waals surface area contributed by atoms with Gasteiger partial charge in [-0.15, -0.1) is 0 Å². The van der Waals surface area contributed by atoms with E-state index in [1.807, 2.05) is 24.3 Å². The van der Waals surface area contributed by atoms with Crippen molar-refractivity contribution < 1.29 is 61.0 Å². The van der Waals surface area contributed by atoms with Gasteiger partial charge in [0.1, 0.15) is 12.3 Å². The topological polar surface area (TPSA) is 253 Å². The lowest BCUT2D eigenvalue weighted by atomic mass is 9.84. The highest BCUT2D eigenvalue weighted by Crippen LogP contribution is 2.66. The van der Waals surface area contributed by atoms with Crippen LogP contribution in [0.5, 0.6) is 0 Å². The number of H-pyrrole nitrogens is 1. The molecule has 0 spiro atoms. The van der Waals surface area contributed by atoms with Gasteiger partial charge in [-0.1, -0.05) is 45.0 Å². The Hall–Kier alpha value is -1.81. The van der Waals surface area contributed by atoms with Crippen LogP contribution in [0.3, 0.4) is 0 Å². The smallest absolute Gasteiger partial charge is 0.390 e. The van der Waals surface area contributed by atoms with E-state index >= 15 is 0 Å². The molecule has 5 atom stereocenters. The Morgan fingerprint density at radius 3 is 2.27 bits per heavy atom. The molecule has 41 heavy (non-hydrogen) atoms. The zero-order valence-electron chi connectivity index (χ0n) is 22.1. The van der Waals surface area contributed by atoms with Gasteiger partial charge >= 0.3 is 29.2 Å². The first-order chi connectivity index (χ1) is 18.8. The van der Waals surface area contributed by atoms with Gasteiger partial charge in [-0.2, -0.15) is 8.62 Å². The number of nitrogens with one attached hydrogen (secondary N) is 1. The van der Waals surface area contributed by atoms with Gasteiger partial charge in [0, 0.05) is 12.6 Å². The van der Waals surface area contributed by atoms with Crippen LogP contribution in [0.2, 0.25) is 0 Å². The summed E-state index contributed by atoms with van der Waals surface area (Å²) in [4.78, 5) is 63.0. The second-order valence-electron chi connectivity index (χ2n) is 10.0. The third-order valence-electron chi connectivity index (χ3n) is 5.71. The van der Waals surface area contributed by atoms with Gasteiger partial charge in [0.15, 0.2) is 0 Å². The van der Waals surface area contributed by atoms with Crippen LogP contribution in [-0.2, 0) is 54.9 Å². The van der Waals surface area contributed by atoms with Crippen LogP contribution >= 0.6 is 23.5 Å². The van der Waals surface area contributed by atoms with Crippen molar-refractivity contribution in [3.63, 3.8) is 0 Å². The first kappa shape index (κ1) is 33.7. The molecule has 6 N–H and O–H groups in total. The number of nitrogens with zero attached hydrogens (tertiary/aromatic N) is 1. The number of hydrogen-bond acceptors (Lipinski definition) is 11. The van der Waals surface area contributed by atoms with Gasteiger partial charge in [-0.3, -0.25) is 18.9 Å². The fourth-order valence-electron chi connectivity index (χ4n) is 4.00. The molecule has 0 amide bonds. The normalized spacial score (nSPS) is 22.8. The highest BCUT2D eigenvalue weighted by atomic mass is 31.3. The van der Waals surface area contributed by atoms with E-state index in [1.165, 1.54) is 6.20 Å². The van der Waals surface area contributed by atoms with E-state index in [0.717, 1.165) is 15.7 Å². The zero-order valence-corrected chi connectivity index (χ0v) is 24.7. The number of aliphatic hydroxyl groups excluding tert-OH is 1. The average Bonchev–Trinajstić information content (AvgIpc) is 3.16. The summed E-state index contributed by atoms with van der Waals surface area (Å²) in [6, 6.07) is 7.67. The molecular weight excluding hydrogens is 613 g/mol. The number of aromatic amines is 1. The van der Waals surface area contributed by atoms with E-state index in [9.17, 15) is 38.2 Å². The molecule has 1 saturated heterocycles. The highest BCUT2D eigenvalue weighted by Gasteiger charge is 2.43. The molecule has 1 aliphatic heterocycles. The summed E-state index contributed by atoms with van der Waals surface area (Å²) in [5.74, 6) is 0. The van der Waals surface area contributed by atoms with E-state index in [0.29, 0.717) is 0 Å². The molecule has 1 fully saturated rings. The predicted molar refractivity (Wildman–Crippen MR) is 139 cm³/mol. The molecule has 0 saturated carbocycles. The number of aromatic nitrogens is 2.